The molecule has 0 radical (unpaired) electrons. The SMILES string of the molecule is O=C1CCCC(=O)OC[C@H]2O[C@H](C/C=C/C[C@H]3O[C@H](CO1)[C@@H](OCc1ccccc1)[C@H](OCc1ccccc1)[C@H]3OCc1ccccc1)[C@H](OCc1ccccc1)[C@@H](OCc1ccccc1)[C@@H]2OCc1ccccc1. The Labute approximate surface area is 440 Å². The molecule has 6 aromatic rings. The molecule has 392 valence electrons. The summed E-state index contributed by atoms with van der Waals surface area (Å²) >= 11 is 0. The van der Waals surface area contributed by atoms with Crippen molar-refractivity contribution in [1.29, 1.82) is 0 Å². The standard InChI is InChI=1S/C63H68O12/c64-56-36-21-37-57(65)67-45-55-61(71-41-49-28-13-4-14-29-49)63(73-43-51-32-17-6-18-33-51)59(69-39-47-24-9-2-10-25-47)53(75-55)35-20-19-34-52-58(68-38-46-22-7-1-8-23-46)62(72-42-50-30-15-5-16-31-50)60(54(74-52)44-66-56)70-40-48-26-11-3-12-27-48/h1-20,22-33,52-55,58-63H,21,34-45H2/b20-19+/t52-,53-,54-,55-,58+,59+,60-,61-,62-,63-/m1/s1. The smallest absolute Gasteiger partial charge is 0.305 e. The van der Waals surface area contributed by atoms with Crippen LogP contribution < -0.4 is 0 Å². The van der Waals surface area contributed by atoms with Crippen molar-refractivity contribution in [3.8, 4) is 0 Å². The van der Waals surface area contributed by atoms with E-state index in [2.05, 4.69) is 12.2 Å². The maximum absolute atomic E-state index is 13.5. The number of cyclic esters (lactones) is 2. The van der Waals surface area contributed by atoms with Gasteiger partial charge < -0.3 is 47.4 Å². The van der Waals surface area contributed by atoms with Crippen LogP contribution in [0.25, 0.3) is 0 Å². The van der Waals surface area contributed by atoms with Crippen LogP contribution in [0.3, 0.4) is 0 Å². The van der Waals surface area contributed by atoms with E-state index in [9.17, 15) is 9.59 Å². The van der Waals surface area contributed by atoms with Crippen molar-refractivity contribution in [1.82, 2.24) is 0 Å². The number of rotatable bonds is 18. The highest BCUT2D eigenvalue weighted by atomic mass is 16.6. The van der Waals surface area contributed by atoms with E-state index >= 15 is 0 Å². The molecule has 6 aromatic carbocycles. The van der Waals surface area contributed by atoms with Crippen molar-refractivity contribution in [2.75, 3.05) is 13.2 Å². The minimum atomic E-state index is -0.742. The average Bonchev–Trinajstić information content (AvgIpc) is 3.46. The van der Waals surface area contributed by atoms with E-state index in [1.807, 2.05) is 182 Å². The zero-order valence-electron chi connectivity index (χ0n) is 42.3. The van der Waals surface area contributed by atoms with Crippen molar-refractivity contribution in [2.45, 2.75) is 133 Å². The van der Waals surface area contributed by atoms with Crippen molar-refractivity contribution in [3.63, 3.8) is 0 Å². The molecular weight excluding hydrogens is 949 g/mol. The molecule has 0 aromatic heterocycles. The van der Waals surface area contributed by atoms with Gasteiger partial charge in [0.15, 0.2) is 0 Å². The Hall–Kier alpha value is -6.32. The van der Waals surface area contributed by atoms with Crippen LogP contribution in [0.1, 0.15) is 65.5 Å². The number of fused-ring (bicyclic) bond motifs is 4. The summed E-state index contributed by atoms with van der Waals surface area (Å²) in [5.41, 5.74) is 5.88. The first-order chi connectivity index (χ1) is 37.0. The van der Waals surface area contributed by atoms with E-state index in [4.69, 9.17) is 47.4 Å². The fourth-order valence-electron chi connectivity index (χ4n) is 9.75. The Morgan fingerprint density at radius 3 is 0.827 bits per heavy atom. The second-order valence-electron chi connectivity index (χ2n) is 19.2. The number of carbonyl (C=O) groups excluding carboxylic acids is 2. The quantitative estimate of drug-likeness (QED) is 0.0601. The fraction of sp³-hybridized carbons (Fsp3) is 0.365. The Morgan fingerprint density at radius 1 is 0.320 bits per heavy atom. The summed E-state index contributed by atoms with van der Waals surface area (Å²) in [5.74, 6) is -0.945. The normalized spacial score (nSPS) is 26.1. The van der Waals surface area contributed by atoms with Gasteiger partial charge in [0.2, 0.25) is 0 Å². The molecule has 0 amide bonds. The summed E-state index contributed by atoms with van der Waals surface area (Å²) in [5, 5.41) is 0. The van der Waals surface area contributed by atoms with Crippen molar-refractivity contribution >= 4 is 11.9 Å². The van der Waals surface area contributed by atoms with Crippen LogP contribution >= 0.6 is 0 Å². The molecule has 4 bridgehead atoms. The van der Waals surface area contributed by atoms with Crippen molar-refractivity contribution in [2.24, 2.45) is 0 Å². The Kier molecular flexibility index (Phi) is 20.4. The average molecular weight is 1020 g/mol. The van der Waals surface area contributed by atoms with E-state index in [-0.39, 0.29) is 58.9 Å². The molecule has 12 heteroatoms. The van der Waals surface area contributed by atoms with Crippen molar-refractivity contribution in [3.05, 3.63) is 228 Å². The molecule has 0 spiro atoms. The van der Waals surface area contributed by atoms with Gasteiger partial charge in [-0.05, 0) is 52.6 Å². The highest BCUT2D eigenvalue weighted by molar-refractivity contribution is 5.72. The molecule has 0 unspecified atom stereocenters. The lowest BCUT2D eigenvalue weighted by Crippen LogP contribution is -2.61. The first kappa shape index (κ1) is 53.5. The number of hydrogen-bond donors (Lipinski definition) is 0. The molecule has 2 fully saturated rings. The lowest BCUT2D eigenvalue weighted by Gasteiger charge is -2.46. The topological polar surface area (TPSA) is 126 Å². The van der Waals surface area contributed by atoms with E-state index in [1.54, 1.807) is 0 Å². The van der Waals surface area contributed by atoms with Crippen LogP contribution in [0.2, 0.25) is 0 Å². The van der Waals surface area contributed by atoms with Gasteiger partial charge in [0.1, 0.15) is 62.0 Å². The second-order valence-corrected chi connectivity index (χ2v) is 19.2. The second kappa shape index (κ2) is 28.5. The van der Waals surface area contributed by atoms with E-state index < -0.39 is 73.0 Å². The number of benzene rings is 6. The van der Waals surface area contributed by atoms with Crippen LogP contribution in [0.4, 0.5) is 0 Å². The monoisotopic (exact) mass is 1020 g/mol. The lowest BCUT2D eigenvalue weighted by molar-refractivity contribution is -0.270. The predicted molar refractivity (Wildman–Crippen MR) is 282 cm³/mol. The van der Waals surface area contributed by atoms with Gasteiger partial charge in [0.05, 0.1) is 51.8 Å². The summed E-state index contributed by atoms with van der Waals surface area (Å²) < 4.78 is 67.4. The Morgan fingerprint density at radius 2 is 0.560 bits per heavy atom. The first-order valence-corrected chi connectivity index (χ1v) is 26.2. The van der Waals surface area contributed by atoms with Crippen LogP contribution in [0, 0.1) is 0 Å². The minimum Gasteiger partial charge on any atom is -0.463 e. The Bertz CT molecular complexity index is 2430. The molecule has 0 saturated carbocycles. The van der Waals surface area contributed by atoms with Gasteiger partial charge in [-0.2, -0.15) is 0 Å². The molecule has 2 saturated heterocycles. The number of ether oxygens (including phenoxy) is 10. The summed E-state index contributed by atoms with van der Waals surface area (Å²) in [6.07, 6.45) is -1.49. The van der Waals surface area contributed by atoms with Crippen LogP contribution in [-0.4, -0.2) is 86.2 Å². The molecular formula is C63H68O12. The number of esters is 2. The molecule has 3 aliphatic rings. The Balaban J connectivity index is 1.05. The third-order valence-electron chi connectivity index (χ3n) is 13.7. The zero-order valence-corrected chi connectivity index (χ0v) is 42.3. The lowest BCUT2D eigenvalue weighted by atomic mass is 9.91. The van der Waals surface area contributed by atoms with Crippen LogP contribution in [-0.2, 0) is 96.6 Å². The largest absolute Gasteiger partial charge is 0.463 e. The molecule has 3 heterocycles. The molecule has 9 rings (SSSR count). The molecule has 0 N–H and O–H groups in total. The highest BCUT2D eigenvalue weighted by Gasteiger charge is 2.50. The van der Waals surface area contributed by atoms with E-state index in [1.165, 1.54) is 0 Å². The van der Waals surface area contributed by atoms with Gasteiger partial charge in [0, 0.05) is 12.8 Å². The predicted octanol–water partition coefficient (Wildman–Crippen LogP) is 10.6. The zero-order chi connectivity index (χ0) is 51.3. The molecule has 75 heavy (non-hydrogen) atoms. The number of hydrogen-bond acceptors (Lipinski definition) is 12. The molecule has 3 aliphatic heterocycles. The first-order valence-electron chi connectivity index (χ1n) is 26.2. The minimum absolute atomic E-state index is 0.0130. The summed E-state index contributed by atoms with van der Waals surface area (Å²) in [6.45, 7) is 1.45. The summed E-state index contributed by atoms with van der Waals surface area (Å²) in [6, 6.07) is 59.8. The van der Waals surface area contributed by atoms with Crippen LogP contribution in [0.5, 0.6) is 0 Å². The number of carbonyl (C=O) groups is 2. The molecule has 12 nitrogen and oxygen atoms in total. The van der Waals surface area contributed by atoms with Crippen molar-refractivity contribution < 1.29 is 57.0 Å². The van der Waals surface area contributed by atoms with Gasteiger partial charge >= 0.3 is 11.9 Å². The maximum Gasteiger partial charge on any atom is 0.305 e. The summed E-state index contributed by atoms with van der Waals surface area (Å²) in [4.78, 5) is 27.1. The van der Waals surface area contributed by atoms with Crippen LogP contribution in [0.15, 0.2) is 194 Å². The van der Waals surface area contributed by atoms with E-state index in [0.29, 0.717) is 26.1 Å². The molecule has 0 aliphatic carbocycles. The highest BCUT2D eigenvalue weighted by Crippen LogP contribution is 2.35. The maximum atomic E-state index is 13.5. The van der Waals surface area contributed by atoms with Gasteiger partial charge in [-0.15, -0.1) is 0 Å². The third-order valence-corrected chi connectivity index (χ3v) is 13.7. The fourth-order valence-corrected chi connectivity index (χ4v) is 9.75. The van der Waals surface area contributed by atoms with Gasteiger partial charge in [-0.3, -0.25) is 9.59 Å². The molecule has 10 atom stereocenters. The van der Waals surface area contributed by atoms with Gasteiger partial charge in [0.25, 0.3) is 0 Å². The van der Waals surface area contributed by atoms with Gasteiger partial charge in [-0.25, -0.2) is 0 Å². The third kappa shape index (κ3) is 16.1. The summed E-state index contributed by atoms with van der Waals surface area (Å²) in [7, 11) is 0. The van der Waals surface area contributed by atoms with Gasteiger partial charge in [-0.1, -0.05) is 194 Å². The van der Waals surface area contributed by atoms with E-state index in [0.717, 1.165) is 33.4 Å².